The van der Waals surface area contributed by atoms with Crippen LogP contribution >= 0.6 is 0 Å². The first-order valence-electron chi connectivity index (χ1n) is 5.46. The second-order valence-electron chi connectivity index (χ2n) is 3.92. The van der Waals surface area contributed by atoms with E-state index in [1.807, 2.05) is 42.5 Å². The van der Waals surface area contributed by atoms with Crippen LogP contribution in [0.5, 0.6) is 11.5 Å². The first kappa shape index (κ1) is 10.2. The average Bonchev–Trinajstić information content (AvgIpc) is 2.86. The predicted octanol–water partition coefficient (Wildman–Crippen LogP) is 2.57. The Kier molecular flexibility index (Phi) is 2.46. The Morgan fingerprint density at radius 1 is 0.882 bits per heavy atom. The molecule has 17 heavy (non-hydrogen) atoms. The molecule has 1 aliphatic rings. The van der Waals surface area contributed by atoms with Gasteiger partial charge in [0, 0.05) is 0 Å². The number of rotatable bonds is 2. The highest BCUT2D eigenvalue weighted by atomic mass is 16.7. The number of hydrogen-bond donors (Lipinski definition) is 1. The summed E-state index contributed by atoms with van der Waals surface area (Å²) in [6, 6.07) is 13.7. The van der Waals surface area contributed by atoms with Crippen molar-refractivity contribution in [2.75, 3.05) is 6.79 Å². The van der Waals surface area contributed by atoms with Gasteiger partial charge >= 0.3 is 0 Å². The SMILES string of the molecule is OCc1ccc(-c2ccc3c(c2)OCO3)cc1. The first-order chi connectivity index (χ1) is 8.36. The molecule has 0 saturated heterocycles. The van der Waals surface area contributed by atoms with Crippen LogP contribution in [0.15, 0.2) is 42.5 Å². The van der Waals surface area contributed by atoms with Gasteiger partial charge in [-0.2, -0.15) is 0 Å². The van der Waals surface area contributed by atoms with Crippen LogP contribution < -0.4 is 9.47 Å². The van der Waals surface area contributed by atoms with E-state index in [0.717, 1.165) is 28.2 Å². The molecule has 2 aromatic rings. The van der Waals surface area contributed by atoms with Crippen LogP contribution in [0.1, 0.15) is 5.56 Å². The summed E-state index contributed by atoms with van der Waals surface area (Å²) < 4.78 is 10.6. The highest BCUT2D eigenvalue weighted by Crippen LogP contribution is 2.35. The van der Waals surface area contributed by atoms with Crippen molar-refractivity contribution < 1.29 is 14.6 Å². The lowest BCUT2D eigenvalue weighted by Crippen LogP contribution is -1.92. The molecular formula is C14H12O3. The average molecular weight is 228 g/mol. The molecule has 0 radical (unpaired) electrons. The number of aliphatic hydroxyl groups excluding tert-OH is 1. The second kappa shape index (κ2) is 4.11. The van der Waals surface area contributed by atoms with E-state index in [0.29, 0.717) is 6.79 Å². The molecule has 0 unspecified atom stereocenters. The van der Waals surface area contributed by atoms with Gasteiger partial charge in [0.25, 0.3) is 0 Å². The van der Waals surface area contributed by atoms with Crippen molar-refractivity contribution >= 4 is 0 Å². The van der Waals surface area contributed by atoms with Crippen LogP contribution in [0.4, 0.5) is 0 Å². The third-order valence-corrected chi connectivity index (χ3v) is 2.84. The minimum absolute atomic E-state index is 0.0709. The zero-order valence-corrected chi connectivity index (χ0v) is 9.22. The molecular weight excluding hydrogens is 216 g/mol. The Morgan fingerprint density at radius 2 is 1.59 bits per heavy atom. The van der Waals surface area contributed by atoms with Gasteiger partial charge in [0.2, 0.25) is 6.79 Å². The van der Waals surface area contributed by atoms with E-state index in [1.165, 1.54) is 0 Å². The summed E-state index contributed by atoms with van der Waals surface area (Å²) >= 11 is 0. The number of ether oxygens (including phenoxy) is 2. The maximum Gasteiger partial charge on any atom is 0.231 e. The fraction of sp³-hybridized carbons (Fsp3) is 0.143. The number of fused-ring (bicyclic) bond motifs is 1. The fourth-order valence-electron chi connectivity index (χ4n) is 1.88. The second-order valence-corrected chi connectivity index (χ2v) is 3.92. The lowest BCUT2D eigenvalue weighted by molar-refractivity contribution is 0.174. The normalized spacial score (nSPS) is 12.8. The third-order valence-electron chi connectivity index (χ3n) is 2.84. The van der Waals surface area contributed by atoms with E-state index in [4.69, 9.17) is 14.6 Å². The largest absolute Gasteiger partial charge is 0.454 e. The van der Waals surface area contributed by atoms with Gasteiger partial charge in [-0.15, -0.1) is 0 Å². The standard InChI is InChI=1S/C14H12O3/c15-8-10-1-3-11(4-2-10)12-5-6-13-14(7-12)17-9-16-13/h1-7,15H,8-9H2. The molecule has 0 amide bonds. The topological polar surface area (TPSA) is 38.7 Å². The van der Waals surface area contributed by atoms with E-state index >= 15 is 0 Å². The zero-order chi connectivity index (χ0) is 11.7. The lowest BCUT2D eigenvalue weighted by atomic mass is 10.0. The number of aliphatic hydroxyl groups is 1. The van der Waals surface area contributed by atoms with Crippen molar-refractivity contribution in [1.82, 2.24) is 0 Å². The van der Waals surface area contributed by atoms with E-state index in [2.05, 4.69) is 0 Å². The van der Waals surface area contributed by atoms with Gasteiger partial charge in [-0.3, -0.25) is 0 Å². The number of hydrogen-bond acceptors (Lipinski definition) is 3. The molecule has 1 aliphatic heterocycles. The summed E-state index contributed by atoms with van der Waals surface area (Å²) in [7, 11) is 0. The van der Waals surface area contributed by atoms with Crippen molar-refractivity contribution in [2.24, 2.45) is 0 Å². The Balaban J connectivity index is 1.97. The Morgan fingerprint density at radius 3 is 2.35 bits per heavy atom. The van der Waals surface area contributed by atoms with Crippen molar-refractivity contribution in [3.05, 3.63) is 48.0 Å². The zero-order valence-electron chi connectivity index (χ0n) is 9.22. The molecule has 0 saturated carbocycles. The van der Waals surface area contributed by atoms with Crippen LogP contribution in [0.3, 0.4) is 0 Å². The summed E-state index contributed by atoms with van der Waals surface area (Å²) in [4.78, 5) is 0. The van der Waals surface area contributed by atoms with E-state index < -0.39 is 0 Å². The molecule has 0 bridgehead atoms. The minimum Gasteiger partial charge on any atom is -0.454 e. The van der Waals surface area contributed by atoms with Crippen molar-refractivity contribution in [3.63, 3.8) is 0 Å². The molecule has 2 aromatic carbocycles. The predicted molar refractivity (Wildman–Crippen MR) is 63.9 cm³/mol. The highest BCUT2D eigenvalue weighted by Gasteiger charge is 2.13. The summed E-state index contributed by atoms with van der Waals surface area (Å²) in [6.45, 7) is 0.365. The van der Waals surface area contributed by atoms with Gasteiger partial charge in [-0.25, -0.2) is 0 Å². The molecule has 86 valence electrons. The highest BCUT2D eigenvalue weighted by molar-refractivity contribution is 5.67. The molecule has 3 heteroatoms. The third kappa shape index (κ3) is 1.85. The summed E-state index contributed by atoms with van der Waals surface area (Å²) in [5.41, 5.74) is 3.09. The van der Waals surface area contributed by atoms with Crippen molar-refractivity contribution in [1.29, 1.82) is 0 Å². The molecule has 0 fully saturated rings. The van der Waals surface area contributed by atoms with Gasteiger partial charge in [-0.1, -0.05) is 30.3 Å². The molecule has 0 aliphatic carbocycles. The summed E-state index contributed by atoms with van der Waals surface area (Å²) in [6.07, 6.45) is 0. The maximum atomic E-state index is 8.99. The minimum atomic E-state index is 0.0709. The van der Waals surface area contributed by atoms with Gasteiger partial charge in [-0.05, 0) is 28.8 Å². The van der Waals surface area contributed by atoms with Gasteiger partial charge in [0.15, 0.2) is 11.5 Å². The molecule has 0 spiro atoms. The molecule has 3 rings (SSSR count). The quantitative estimate of drug-likeness (QED) is 0.858. The van der Waals surface area contributed by atoms with Crippen LogP contribution in [0, 0.1) is 0 Å². The lowest BCUT2D eigenvalue weighted by Gasteiger charge is -2.04. The van der Waals surface area contributed by atoms with E-state index in [1.54, 1.807) is 0 Å². The van der Waals surface area contributed by atoms with Gasteiger partial charge in [0.1, 0.15) is 0 Å². The monoisotopic (exact) mass is 228 g/mol. The Labute approximate surface area is 99.2 Å². The fourth-order valence-corrected chi connectivity index (χ4v) is 1.88. The molecule has 1 heterocycles. The molecule has 0 atom stereocenters. The van der Waals surface area contributed by atoms with Gasteiger partial charge < -0.3 is 14.6 Å². The molecule has 3 nitrogen and oxygen atoms in total. The van der Waals surface area contributed by atoms with E-state index in [-0.39, 0.29) is 6.61 Å². The smallest absolute Gasteiger partial charge is 0.231 e. The number of benzene rings is 2. The van der Waals surface area contributed by atoms with Crippen LogP contribution in [0.25, 0.3) is 11.1 Å². The first-order valence-corrected chi connectivity index (χ1v) is 5.46. The van der Waals surface area contributed by atoms with Crippen molar-refractivity contribution in [2.45, 2.75) is 6.61 Å². The van der Waals surface area contributed by atoms with E-state index in [9.17, 15) is 0 Å². The van der Waals surface area contributed by atoms with Gasteiger partial charge in [0.05, 0.1) is 6.61 Å². The van der Waals surface area contributed by atoms with Crippen molar-refractivity contribution in [3.8, 4) is 22.6 Å². The summed E-state index contributed by atoms with van der Waals surface area (Å²) in [5, 5.41) is 8.99. The Bertz CT molecular complexity index is 532. The Hall–Kier alpha value is -2.00. The summed E-state index contributed by atoms with van der Waals surface area (Å²) in [5.74, 6) is 1.58. The van der Waals surface area contributed by atoms with Crippen LogP contribution in [0.2, 0.25) is 0 Å². The molecule has 1 N–H and O–H groups in total. The van der Waals surface area contributed by atoms with Crippen LogP contribution in [-0.2, 0) is 6.61 Å². The molecule has 0 aromatic heterocycles. The maximum absolute atomic E-state index is 8.99. The van der Waals surface area contributed by atoms with Crippen LogP contribution in [-0.4, -0.2) is 11.9 Å².